The van der Waals surface area contributed by atoms with Crippen LogP contribution in [0.3, 0.4) is 0 Å². The standard InChI is InChI=1S/C29H33N5O4S/c1-19-5-3-4-6-24(19)39(36,37)29(13-14-29)25-17-26(34-15-16-38-18-20(34)2)33-27(32-25)21-7-9-22(10-8-21)30-28(35)31-23-11-12-23/h3-10,17,20,23H,11-16,18H2,1-2H3,(H2,30,31,35)/t20-/m0/s1. The Balaban J connectivity index is 1.38. The van der Waals surface area contributed by atoms with Crippen LogP contribution >= 0.6 is 0 Å². The Bertz CT molecular complexity index is 1500. The van der Waals surface area contributed by atoms with Crippen LogP contribution in [-0.4, -0.2) is 56.3 Å². The second-order valence-corrected chi connectivity index (χ2v) is 13.0. The average molecular weight is 548 g/mol. The summed E-state index contributed by atoms with van der Waals surface area (Å²) in [6.45, 7) is 5.72. The molecule has 2 saturated carbocycles. The van der Waals surface area contributed by atoms with Crippen molar-refractivity contribution in [2.75, 3.05) is 30.0 Å². The van der Waals surface area contributed by atoms with Crippen molar-refractivity contribution in [2.24, 2.45) is 0 Å². The first-order chi connectivity index (χ1) is 18.8. The van der Waals surface area contributed by atoms with E-state index in [4.69, 9.17) is 14.7 Å². The fourth-order valence-corrected chi connectivity index (χ4v) is 7.33. The molecule has 39 heavy (non-hydrogen) atoms. The monoisotopic (exact) mass is 547 g/mol. The van der Waals surface area contributed by atoms with Crippen LogP contribution in [0.15, 0.2) is 59.5 Å². The first-order valence-corrected chi connectivity index (χ1v) is 15.0. The highest BCUT2D eigenvalue weighted by molar-refractivity contribution is 7.92. The Morgan fingerprint density at radius 2 is 1.82 bits per heavy atom. The number of hydrogen-bond acceptors (Lipinski definition) is 7. The Hall–Kier alpha value is -3.50. The van der Waals surface area contributed by atoms with Crippen LogP contribution in [0, 0.1) is 6.92 Å². The number of aromatic nitrogens is 2. The van der Waals surface area contributed by atoms with Gasteiger partial charge in [-0.2, -0.15) is 0 Å². The minimum absolute atomic E-state index is 0.0917. The maximum Gasteiger partial charge on any atom is 0.319 e. The van der Waals surface area contributed by atoms with Gasteiger partial charge in [0.15, 0.2) is 15.7 Å². The highest BCUT2D eigenvalue weighted by atomic mass is 32.2. The number of nitrogens with zero attached hydrogens (tertiary/aromatic N) is 3. The van der Waals surface area contributed by atoms with E-state index >= 15 is 0 Å². The van der Waals surface area contributed by atoms with Crippen LogP contribution in [0.2, 0.25) is 0 Å². The minimum Gasteiger partial charge on any atom is -0.377 e. The number of carbonyl (C=O) groups excluding carboxylic acids is 1. The first kappa shape index (κ1) is 25.8. The van der Waals surface area contributed by atoms with Crippen LogP contribution in [0.25, 0.3) is 11.4 Å². The second-order valence-electron chi connectivity index (χ2n) is 10.8. The van der Waals surface area contributed by atoms with Crippen LogP contribution in [0.5, 0.6) is 0 Å². The van der Waals surface area contributed by atoms with Crippen molar-refractivity contribution in [3.8, 4) is 11.4 Å². The molecule has 1 aromatic heterocycles. The molecule has 3 aliphatic rings. The van der Waals surface area contributed by atoms with Gasteiger partial charge in [-0.25, -0.2) is 23.2 Å². The van der Waals surface area contributed by atoms with E-state index in [9.17, 15) is 13.2 Å². The van der Waals surface area contributed by atoms with Crippen molar-refractivity contribution in [3.05, 3.63) is 65.9 Å². The minimum atomic E-state index is -3.68. The number of sulfone groups is 1. The molecule has 0 radical (unpaired) electrons. The van der Waals surface area contributed by atoms with Gasteiger partial charge in [0.1, 0.15) is 10.6 Å². The summed E-state index contributed by atoms with van der Waals surface area (Å²) in [6, 6.07) is 16.5. The lowest BCUT2D eigenvalue weighted by molar-refractivity contribution is 0.0985. The zero-order chi connectivity index (χ0) is 27.2. The molecule has 2 aliphatic carbocycles. The highest BCUT2D eigenvalue weighted by Gasteiger charge is 2.58. The van der Waals surface area contributed by atoms with Crippen molar-refractivity contribution in [2.45, 2.75) is 61.3 Å². The average Bonchev–Trinajstić information content (AvgIpc) is 3.85. The molecule has 3 fully saturated rings. The molecule has 0 spiro atoms. The summed E-state index contributed by atoms with van der Waals surface area (Å²) in [4.78, 5) is 24.4. The third-order valence-corrected chi connectivity index (χ3v) is 10.4. The molecule has 6 rings (SSSR count). The molecule has 1 saturated heterocycles. The van der Waals surface area contributed by atoms with Gasteiger partial charge >= 0.3 is 6.03 Å². The largest absolute Gasteiger partial charge is 0.377 e. The number of morpholine rings is 1. The normalized spacial score (nSPS) is 20.4. The predicted octanol–water partition coefficient (Wildman–Crippen LogP) is 4.42. The van der Waals surface area contributed by atoms with E-state index in [-0.39, 0.29) is 18.1 Å². The van der Waals surface area contributed by atoms with Gasteiger partial charge in [0.25, 0.3) is 0 Å². The second kappa shape index (κ2) is 9.91. The number of ether oxygens (including phenoxy) is 1. The third kappa shape index (κ3) is 4.98. The van der Waals surface area contributed by atoms with Gasteiger partial charge in [-0.15, -0.1) is 0 Å². The van der Waals surface area contributed by atoms with Crippen LogP contribution < -0.4 is 15.5 Å². The molecule has 1 aliphatic heterocycles. The van der Waals surface area contributed by atoms with Crippen molar-refractivity contribution < 1.29 is 17.9 Å². The summed E-state index contributed by atoms with van der Waals surface area (Å²) < 4.78 is 32.6. The quantitative estimate of drug-likeness (QED) is 0.450. The fourth-order valence-electron chi connectivity index (χ4n) is 5.14. The zero-order valence-electron chi connectivity index (χ0n) is 22.2. The first-order valence-electron chi connectivity index (χ1n) is 13.5. The van der Waals surface area contributed by atoms with Crippen molar-refractivity contribution in [1.82, 2.24) is 15.3 Å². The van der Waals surface area contributed by atoms with E-state index in [1.54, 1.807) is 12.1 Å². The summed E-state index contributed by atoms with van der Waals surface area (Å²) in [5.41, 5.74) is 2.66. The van der Waals surface area contributed by atoms with E-state index in [1.165, 1.54) is 0 Å². The maximum absolute atomic E-state index is 14.0. The lowest BCUT2D eigenvalue weighted by Gasteiger charge is -2.34. The van der Waals surface area contributed by atoms with Gasteiger partial charge in [-0.3, -0.25) is 0 Å². The van der Waals surface area contributed by atoms with Crippen molar-refractivity contribution in [3.63, 3.8) is 0 Å². The van der Waals surface area contributed by atoms with Gasteiger partial charge in [-0.05, 0) is 75.4 Å². The number of hydrogen-bond donors (Lipinski definition) is 2. The van der Waals surface area contributed by atoms with Crippen molar-refractivity contribution >= 4 is 27.4 Å². The molecule has 204 valence electrons. The van der Waals surface area contributed by atoms with Gasteiger partial charge in [-0.1, -0.05) is 18.2 Å². The molecule has 2 aromatic carbocycles. The van der Waals surface area contributed by atoms with Gasteiger partial charge in [0, 0.05) is 29.9 Å². The molecular weight excluding hydrogens is 514 g/mol. The van der Waals surface area contributed by atoms with Crippen LogP contribution in [0.1, 0.15) is 43.9 Å². The van der Waals surface area contributed by atoms with Gasteiger partial charge < -0.3 is 20.3 Å². The number of aryl methyl sites for hydroxylation is 1. The lowest BCUT2D eigenvalue weighted by Crippen LogP contribution is -2.44. The van der Waals surface area contributed by atoms with Crippen LogP contribution in [-0.2, 0) is 19.3 Å². The molecule has 1 atom stereocenters. The molecule has 3 aromatic rings. The topological polar surface area (TPSA) is 114 Å². The summed E-state index contributed by atoms with van der Waals surface area (Å²) in [7, 11) is -3.68. The summed E-state index contributed by atoms with van der Waals surface area (Å²) in [5.74, 6) is 1.16. The Labute approximate surface area is 228 Å². The van der Waals surface area contributed by atoms with Crippen LogP contribution in [0.4, 0.5) is 16.3 Å². The Kier molecular flexibility index (Phi) is 6.55. The zero-order valence-corrected chi connectivity index (χ0v) is 23.0. The smallest absolute Gasteiger partial charge is 0.319 e. The predicted molar refractivity (Wildman–Crippen MR) is 150 cm³/mol. The van der Waals surface area contributed by atoms with Gasteiger partial charge in [0.05, 0.1) is 29.8 Å². The molecule has 0 bridgehead atoms. The van der Waals surface area contributed by atoms with E-state index in [0.717, 1.165) is 24.0 Å². The Morgan fingerprint density at radius 3 is 2.49 bits per heavy atom. The number of rotatable bonds is 7. The number of carbonyl (C=O) groups is 1. The molecular formula is C29H33N5O4S. The van der Waals surface area contributed by atoms with Crippen molar-refractivity contribution in [1.29, 1.82) is 0 Å². The molecule has 0 unspecified atom stereocenters. The molecule has 10 heteroatoms. The molecule has 2 amide bonds. The summed E-state index contributed by atoms with van der Waals surface area (Å²) in [5, 5.41) is 5.77. The lowest BCUT2D eigenvalue weighted by atomic mass is 10.1. The number of urea groups is 1. The van der Waals surface area contributed by atoms with E-state index in [0.29, 0.717) is 60.5 Å². The SMILES string of the molecule is Cc1ccccc1S(=O)(=O)C1(c2cc(N3CCOC[C@@H]3C)nc(-c3ccc(NC(=O)NC4CC4)cc3)n2)CC1. The van der Waals surface area contributed by atoms with E-state index in [2.05, 4.69) is 22.5 Å². The highest BCUT2D eigenvalue weighted by Crippen LogP contribution is 2.55. The number of amides is 2. The number of anilines is 2. The summed E-state index contributed by atoms with van der Waals surface area (Å²) in [6.07, 6.45) is 3.06. The van der Waals surface area contributed by atoms with E-state index in [1.807, 2.05) is 49.4 Å². The molecule has 2 heterocycles. The molecule has 2 N–H and O–H groups in total. The number of benzene rings is 2. The summed E-state index contributed by atoms with van der Waals surface area (Å²) >= 11 is 0. The van der Waals surface area contributed by atoms with E-state index < -0.39 is 14.6 Å². The number of nitrogens with one attached hydrogen (secondary N) is 2. The third-order valence-electron chi connectivity index (χ3n) is 7.76. The fraction of sp³-hybridized carbons (Fsp3) is 0.414. The molecule has 9 nitrogen and oxygen atoms in total. The maximum atomic E-state index is 14.0. The Morgan fingerprint density at radius 1 is 1.08 bits per heavy atom. The van der Waals surface area contributed by atoms with Gasteiger partial charge in [0.2, 0.25) is 0 Å².